The van der Waals surface area contributed by atoms with Gasteiger partial charge in [0.15, 0.2) is 17.3 Å². The zero-order chi connectivity index (χ0) is 18.4. The van der Waals surface area contributed by atoms with Gasteiger partial charge in [-0.3, -0.25) is 0 Å². The molecule has 1 aliphatic heterocycles. The van der Waals surface area contributed by atoms with Crippen LogP contribution in [0.5, 0.6) is 11.5 Å². The van der Waals surface area contributed by atoms with Gasteiger partial charge < -0.3 is 19.7 Å². The molecule has 3 rings (SSSR count). The van der Waals surface area contributed by atoms with Crippen molar-refractivity contribution in [2.45, 2.75) is 26.2 Å². The van der Waals surface area contributed by atoms with E-state index in [-0.39, 0.29) is 0 Å². The van der Waals surface area contributed by atoms with Crippen molar-refractivity contribution in [2.75, 3.05) is 44.1 Å². The predicted molar refractivity (Wildman–Crippen MR) is 102 cm³/mol. The van der Waals surface area contributed by atoms with Crippen molar-refractivity contribution in [1.82, 2.24) is 15.2 Å². The fourth-order valence-corrected chi connectivity index (χ4v) is 3.11. The topological polar surface area (TPSA) is 72.4 Å². The number of hydrogen-bond donors (Lipinski definition) is 1. The van der Waals surface area contributed by atoms with Crippen molar-refractivity contribution in [3.8, 4) is 11.5 Å². The molecule has 0 amide bonds. The average molecular weight is 357 g/mol. The van der Waals surface area contributed by atoms with Crippen LogP contribution in [-0.4, -0.2) is 49.0 Å². The Morgan fingerprint density at radius 1 is 1.15 bits per heavy atom. The van der Waals surface area contributed by atoms with E-state index in [1.165, 1.54) is 12.8 Å². The van der Waals surface area contributed by atoms with Gasteiger partial charge in [-0.1, -0.05) is 13.0 Å². The number of rotatable bonds is 7. The van der Waals surface area contributed by atoms with Gasteiger partial charge in [0.25, 0.3) is 0 Å². The normalized spacial score (nSPS) is 15.0. The molecule has 0 radical (unpaired) electrons. The van der Waals surface area contributed by atoms with Crippen molar-refractivity contribution < 1.29 is 9.47 Å². The predicted octanol–water partition coefficient (Wildman–Crippen LogP) is 2.78. The lowest BCUT2D eigenvalue weighted by Gasteiger charge is -2.30. The second-order valence-corrected chi connectivity index (χ2v) is 6.67. The molecule has 0 aliphatic carbocycles. The van der Waals surface area contributed by atoms with Crippen molar-refractivity contribution in [3.63, 3.8) is 0 Å². The Hall–Kier alpha value is -2.57. The van der Waals surface area contributed by atoms with Crippen LogP contribution < -0.4 is 19.7 Å². The molecule has 1 fully saturated rings. The fourth-order valence-electron chi connectivity index (χ4n) is 3.11. The summed E-state index contributed by atoms with van der Waals surface area (Å²) >= 11 is 0. The SMILES string of the molecule is COc1ccc(CCNc2nncc(N3CCC(C)CC3)n2)cc1OC. The van der Waals surface area contributed by atoms with E-state index >= 15 is 0 Å². The lowest BCUT2D eigenvalue weighted by Crippen LogP contribution is -2.33. The van der Waals surface area contributed by atoms with E-state index in [0.717, 1.165) is 54.9 Å². The van der Waals surface area contributed by atoms with E-state index < -0.39 is 0 Å². The Morgan fingerprint density at radius 3 is 2.65 bits per heavy atom. The van der Waals surface area contributed by atoms with Crippen LogP contribution in [0.25, 0.3) is 0 Å². The van der Waals surface area contributed by atoms with Gasteiger partial charge >= 0.3 is 0 Å². The van der Waals surface area contributed by atoms with E-state index in [1.807, 2.05) is 18.2 Å². The summed E-state index contributed by atoms with van der Waals surface area (Å²) in [5.74, 6) is 3.74. The van der Waals surface area contributed by atoms with Crippen LogP contribution >= 0.6 is 0 Å². The van der Waals surface area contributed by atoms with E-state index in [4.69, 9.17) is 9.47 Å². The maximum absolute atomic E-state index is 5.35. The first-order valence-electron chi connectivity index (χ1n) is 9.09. The number of hydrogen-bond acceptors (Lipinski definition) is 7. The first-order valence-corrected chi connectivity index (χ1v) is 9.09. The van der Waals surface area contributed by atoms with Gasteiger partial charge in [0.1, 0.15) is 0 Å². The third-order valence-electron chi connectivity index (χ3n) is 4.80. The molecular formula is C19H27N5O2. The Kier molecular flexibility index (Phi) is 6.09. The van der Waals surface area contributed by atoms with E-state index in [1.54, 1.807) is 20.4 Å². The molecule has 0 atom stereocenters. The third kappa shape index (κ3) is 4.53. The van der Waals surface area contributed by atoms with Crippen LogP contribution in [0, 0.1) is 5.92 Å². The number of nitrogens with one attached hydrogen (secondary N) is 1. The van der Waals surface area contributed by atoms with Gasteiger partial charge in [-0.2, -0.15) is 10.1 Å². The minimum absolute atomic E-state index is 0.571. The molecule has 140 valence electrons. The molecule has 0 saturated carbocycles. The number of benzene rings is 1. The summed E-state index contributed by atoms with van der Waals surface area (Å²) in [7, 11) is 3.28. The van der Waals surface area contributed by atoms with Crippen LogP contribution in [0.1, 0.15) is 25.3 Å². The maximum atomic E-state index is 5.35. The monoisotopic (exact) mass is 357 g/mol. The highest BCUT2D eigenvalue weighted by atomic mass is 16.5. The van der Waals surface area contributed by atoms with E-state index in [2.05, 4.69) is 32.3 Å². The first-order chi connectivity index (χ1) is 12.7. The molecule has 1 N–H and O–H groups in total. The lowest BCUT2D eigenvalue weighted by atomic mass is 9.99. The largest absolute Gasteiger partial charge is 0.493 e. The molecule has 1 aromatic carbocycles. The molecule has 1 aromatic heterocycles. The Balaban J connectivity index is 1.56. The number of nitrogens with zero attached hydrogens (tertiary/aromatic N) is 4. The molecule has 0 bridgehead atoms. The molecule has 0 spiro atoms. The second kappa shape index (κ2) is 8.69. The molecule has 0 unspecified atom stereocenters. The van der Waals surface area contributed by atoms with Crippen LogP contribution in [0.4, 0.5) is 11.8 Å². The Labute approximate surface area is 154 Å². The van der Waals surface area contributed by atoms with Crippen molar-refractivity contribution in [3.05, 3.63) is 30.0 Å². The standard InChI is InChI=1S/C19H27N5O2/c1-14-7-10-24(11-8-14)18-13-21-23-19(22-18)20-9-6-15-4-5-16(25-2)17(12-15)26-3/h4-5,12-14H,6-11H2,1-3H3,(H,20,22,23). The molecule has 26 heavy (non-hydrogen) atoms. The third-order valence-corrected chi connectivity index (χ3v) is 4.80. The van der Waals surface area contributed by atoms with Crippen LogP contribution in [0.2, 0.25) is 0 Å². The van der Waals surface area contributed by atoms with E-state index in [9.17, 15) is 0 Å². The summed E-state index contributed by atoms with van der Waals surface area (Å²) in [4.78, 5) is 6.90. The van der Waals surface area contributed by atoms with Crippen molar-refractivity contribution >= 4 is 11.8 Å². The number of anilines is 2. The smallest absolute Gasteiger partial charge is 0.244 e. The summed E-state index contributed by atoms with van der Waals surface area (Å²) in [6, 6.07) is 5.95. The summed E-state index contributed by atoms with van der Waals surface area (Å²) in [6.45, 7) is 5.09. The molecular weight excluding hydrogens is 330 g/mol. The van der Waals surface area contributed by atoms with E-state index in [0.29, 0.717) is 5.95 Å². The Morgan fingerprint density at radius 2 is 1.92 bits per heavy atom. The minimum Gasteiger partial charge on any atom is -0.493 e. The summed E-state index contributed by atoms with van der Waals surface area (Å²) in [5.41, 5.74) is 1.16. The van der Waals surface area contributed by atoms with Gasteiger partial charge in [-0.15, -0.1) is 5.10 Å². The average Bonchev–Trinajstić information content (AvgIpc) is 2.68. The number of aromatic nitrogens is 3. The summed E-state index contributed by atoms with van der Waals surface area (Å²) in [5, 5.41) is 11.5. The zero-order valence-electron chi connectivity index (χ0n) is 15.7. The molecule has 2 aromatic rings. The minimum atomic E-state index is 0.571. The van der Waals surface area contributed by atoms with Crippen molar-refractivity contribution in [1.29, 1.82) is 0 Å². The summed E-state index contributed by atoms with van der Waals surface area (Å²) in [6.07, 6.45) is 4.98. The van der Waals surface area contributed by atoms with Gasteiger partial charge in [0.05, 0.1) is 20.4 Å². The number of methoxy groups -OCH3 is 2. The molecule has 1 aliphatic rings. The number of piperidine rings is 1. The van der Waals surface area contributed by atoms with Crippen LogP contribution in [-0.2, 0) is 6.42 Å². The fraction of sp³-hybridized carbons (Fsp3) is 0.526. The number of ether oxygens (including phenoxy) is 2. The summed E-state index contributed by atoms with van der Waals surface area (Å²) < 4.78 is 10.6. The van der Waals surface area contributed by atoms with Gasteiger partial charge in [-0.05, 0) is 42.9 Å². The molecule has 7 nitrogen and oxygen atoms in total. The van der Waals surface area contributed by atoms with Crippen LogP contribution in [0.15, 0.2) is 24.4 Å². The van der Waals surface area contributed by atoms with Gasteiger partial charge in [-0.25, -0.2) is 0 Å². The Bertz CT molecular complexity index is 717. The second-order valence-electron chi connectivity index (χ2n) is 6.67. The lowest BCUT2D eigenvalue weighted by molar-refractivity contribution is 0.354. The van der Waals surface area contributed by atoms with Gasteiger partial charge in [0.2, 0.25) is 5.95 Å². The van der Waals surface area contributed by atoms with Crippen LogP contribution in [0.3, 0.4) is 0 Å². The van der Waals surface area contributed by atoms with Gasteiger partial charge in [0, 0.05) is 19.6 Å². The molecule has 2 heterocycles. The first kappa shape index (κ1) is 18.2. The maximum Gasteiger partial charge on any atom is 0.244 e. The highest BCUT2D eigenvalue weighted by Crippen LogP contribution is 2.27. The quantitative estimate of drug-likeness (QED) is 0.817. The highest BCUT2D eigenvalue weighted by Gasteiger charge is 2.17. The molecule has 1 saturated heterocycles. The van der Waals surface area contributed by atoms with Crippen molar-refractivity contribution in [2.24, 2.45) is 5.92 Å². The zero-order valence-corrected chi connectivity index (χ0v) is 15.7. The highest BCUT2D eigenvalue weighted by molar-refractivity contribution is 5.43. The molecule has 7 heteroatoms.